The lowest BCUT2D eigenvalue weighted by Crippen LogP contribution is -2.60. The van der Waals surface area contributed by atoms with Crippen LogP contribution in [-0.2, 0) is 0 Å². The quantitative estimate of drug-likeness (QED) is 0.295. The zero-order valence-corrected chi connectivity index (χ0v) is 20.8. The highest BCUT2D eigenvalue weighted by Crippen LogP contribution is 2.26. The fourth-order valence-corrected chi connectivity index (χ4v) is 4.44. The monoisotopic (exact) mass is 489 g/mol. The molecule has 3 aromatic rings. The van der Waals surface area contributed by atoms with Crippen molar-refractivity contribution in [1.82, 2.24) is 14.8 Å². The van der Waals surface area contributed by atoms with Gasteiger partial charge in [-0.3, -0.25) is 4.98 Å². The van der Waals surface area contributed by atoms with E-state index in [1.165, 1.54) is 0 Å². The van der Waals surface area contributed by atoms with Crippen molar-refractivity contribution in [2.45, 2.75) is 26.8 Å². The van der Waals surface area contributed by atoms with Crippen LogP contribution in [0.5, 0.6) is 0 Å². The van der Waals surface area contributed by atoms with Crippen LogP contribution in [0.15, 0.2) is 59.7 Å². The average Bonchev–Trinajstić information content (AvgIpc) is 2.86. The second-order valence-corrected chi connectivity index (χ2v) is 9.31. The lowest BCUT2D eigenvalue weighted by atomic mass is 10.00. The number of nitriles is 1. The molecule has 0 radical (unpaired) electrons. The molecule has 0 saturated carbocycles. The summed E-state index contributed by atoms with van der Waals surface area (Å²) in [5.41, 5.74) is 3.50. The van der Waals surface area contributed by atoms with Crippen LogP contribution in [0.1, 0.15) is 19.4 Å². The highest BCUT2D eigenvalue weighted by atomic mass is 35.5. The number of carbonyl (C=O) groups excluding carboxylic acids is 1. The molecule has 1 saturated heterocycles. The van der Waals surface area contributed by atoms with Crippen LogP contribution < -0.4 is 10.6 Å². The summed E-state index contributed by atoms with van der Waals surface area (Å²) in [6, 6.07) is 14.7. The van der Waals surface area contributed by atoms with E-state index in [1.807, 2.05) is 37.4 Å². The summed E-state index contributed by atoms with van der Waals surface area (Å²) in [6.07, 6.45) is 3.71. The van der Waals surface area contributed by atoms with Gasteiger partial charge in [-0.25, -0.2) is 4.79 Å². The molecule has 0 spiro atoms. The number of hydrogen-bond acceptors (Lipinski definition) is 4. The Hall–Kier alpha value is -3.83. The molecule has 180 valence electrons. The van der Waals surface area contributed by atoms with Crippen molar-refractivity contribution in [3.8, 4) is 6.19 Å². The second-order valence-electron chi connectivity index (χ2n) is 8.88. The highest BCUT2D eigenvalue weighted by molar-refractivity contribution is 6.30. The van der Waals surface area contributed by atoms with E-state index in [0.29, 0.717) is 36.3 Å². The maximum absolute atomic E-state index is 13.0. The van der Waals surface area contributed by atoms with Gasteiger partial charge in [-0.15, -0.1) is 4.99 Å². The maximum Gasteiger partial charge on any atom is 0.321 e. The highest BCUT2D eigenvalue weighted by Gasteiger charge is 2.34. The van der Waals surface area contributed by atoms with Gasteiger partial charge < -0.3 is 20.4 Å². The zero-order chi connectivity index (χ0) is 24.9. The molecule has 2 aromatic carbocycles. The molecule has 4 rings (SSSR count). The van der Waals surface area contributed by atoms with Crippen LogP contribution in [0.25, 0.3) is 10.9 Å². The van der Waals surface area contributed by atoms with Gasteiger partial charge in [-0.2, -0.15) is 5.26 Å². The molecule has 1 aliphatic heterocycles. The van der Waals surface area contributed by atoms with E-state index < -0.39 is 0 Å². The maximum atomic E-state index is 13.0. The number of carbonyl (C=O) groups is 1. The first kappa shape index (κ1) is 24.3. The third kappa shape index (κ3) is 5.47. The Morgan fingerprint density at radius 3 is 2.66 bits per heavy atom. The number of urea groups is 1. The van der Waals surface area contributed by atoms with Crippen LogP contribution >= 0.6 is 11.6 Å². The van der Waals surface area contributed by atoms with Gasteiger partial charge in [-0.05, 0) is 60.9 Å². The molecule has 1 aliphatic rings. The normalized spacial score (nSPS) is 16.3. The SMILES string of the molecule is Cc1ccc(N/C(=N/C#N)N2CCN(C(=O)Nc3ccc(Cl)cc3)CC2C(C)C)c2cccnc12. The average molecular weight is 490 g/mol. The summed E-state index contributed by atoms with van der Waals surface area (Å²) >= 11 is 5.95. The molecule has 2 amide bonds. The van der Waals surface area contributed by atoms with Gasteiger partial charge >= 0.3 is 6.03 Å². The van der Waals surface area contributed by atoms with E-state index in [1.54, 1.807) is 35.4 Å². The molecule has 2 N–H and O–H groups in total. The molecule has 1 fully saturated rings. The number of rotatable bonds is 3. The summed E-state index contributed by atoms with van der Waals surface area (Å²) in [7, 11) is 0. The topological polar surface area (TPSA) is 96.7 Å². The molecule has 0 aliphatic carbocycles. The minimum Gasteiger partial charge on any atom is -0.335 e. The fraction of sp³-hybridized carbons (Fsp3) is 0.308. The number of hydrogen-bond donors (Lipinski definition) is 2. The van der Waals surface area contributed by atoms with Gasteiger partial charge in [0.2, 0.25) is 12.2 Å². The summed E-state index contributed by atoms with van der Waals surface area (Å²) in [4.78, 5) is 25.5. The summed E-state index contributed by atoms with van der Waals surface area (Å²) in [6.45, 7) is 7.75. The standard InChI is InChI=1S/C26H28ClN7O/c1-17(2)23-15-33(26(35)31-20-9-7-19(27)8-10-20)13-14-34(23)25(30-16-28)32-22-11-6-18(3)24-21(22)5-4-12-29-24/h4-12,17,23H,13-15H2,1-3H3,(H,30,32)(H,31,35). The molecule has 1 atom stereocenters. The second kappa shape index (κ2) is 10.6. The van der Waals surface area contributed by atoms with Gasteiger partial charge in [0.15, 0.2) is 0 Å². The number of aryl methyl sites for hydroxylation is 1. The van der Waals surface area contributed by atoms with Crippen molar-refractivity contribution in [1.29, 1.82) is 5.26 Å². The molecule has 2 heterocycles. The lowest BCUT2D eigenvalue weighted by molar-refractivity contribution is 0.120. The Bertz CT molecular complexity index is 1280. The van der Waals surface area contributed by atoms with Crippen molar-refractivity contribution in [2.24, 2.45) is 10.9 Å². The van der Waals surface area contributed by atoms with Crippen molar-refractivity contribution >= 4 is 45.9 Å². The number of fused-ring (bicyclic) bond motifs is 1. The Morgan fingerprint density at radius 2 is 1.94 bits per heavy atom. The molecule has 0 bridgehead atoms. The third-order valence-electron chi connectivity index (χ3n) is 6.22. The molecular weight excluding hydrogens is 462 g/mol. The first-order valence-electron chi connectivity index (χ1n) is 11.5. The predicted molar refractivity (Wildman–Crippen MR) is 141 cm³/mol. The molecule has 8 nitrogen and oxygen atoms in total. The number of nitrogens with one attached hydrogen (secondary N) is 2. The predicted octanol–water partition coefficient (Wildman–Crippen LogP) is 5.32. The molecule has 1 unspecified atom stereocenters. The number of benzene rings is 2. The minimum atomic E-state index is -0.167. The van der Waals surface area contributed by atoms with Crippen molar-refractivity contribution < 1.29 is 4.79 Å². The van der Waals surface area contributed by atoms with E-state index in [0.717, 1.165) is 22.2 Å². The minimum absolute atomic E-state index is 0.0332. The van der Waals surface area contributed by atoms with Crippen LogP contribution in [0, 0.1) is 24.3 Å². The van der Waals surface area contributed by atoms with Crippen molar-refractivity contribution in [3.05, 3.63) is 65.3 Å². The van der Waals surface area contributed by atoms with Crippen LogP contribution in [0.4, 0.5) is 16.2 Å². The number of pyridine rings is 1. The van der Waals surface area contributed by atoms with E-state index in [9.17, 15) is 10.1 Å². The third-order valence-corrected chi connectivity index (χ3v) is 6.47. The number of nitrogens with zero attached hydrogens (tertiary/aromatic N) is 5. The molecule has 1 aromatic heterocycles. The molecule has 9 heteroatoms. The summed E-state index contributed by atoms with van der Waals surface area (Å²) < 4.78 is 0. The Kier molecular flexibility index (Phi) is 7.37. The number of aliphatic imine (C=N–C) groups is 1. The first-order chi connectivity index (χ1) is 16.9. The number of piperazine rings is 1. The summed E-state index contributed by atoms with van der Waals surface area (Å²) in [5.74, 6) is 0.682. The van der Waals surface area contributed by atoms with E-state index in [2.05, 4.69) is 39.4 Å². The summed E-state index contributed by atoms with van der Waals surface area (Å²) in [5, 5.41) is 17.3. The van der Waals surface area contributed by atoms with E-state index in [-0.39, 0.29) is 18.0 Å². The number of halogens is 1. The largest absolute Gasteiger partial charge is 0.335 e. The number of amides is 2. The van der Waals surface area contributed by atoms with Gasteiger partial charge in [0, 0.05) is 41.9 Å². The van der Waals surface area contributed by atoms with Gasteiger partial charge in [-0.1, -0.05) is 31.5 Å². The Morgan fingerprint density at radius 1 is 1.17 bits per heavy atom. The van der Waals surface area contributed by atoms with Crippen LogP contribution in [-0.4, -0.2) is 52.5 Å². The van der Waals surface area contributed by atoms with Gasteiger partial charge in [0.05, 0.1) is 17.2 Å². The molecule has 35 heavy (non-hydrogen) atoms. The lowest BCUT2D eigenvalue weighted by Gasteiger charge is -2.44. The van der Waals surface area contributed by atoms with Crippen LogP contribution in [0.3, 0.4) is 0 Å². The van der Waals surface area contributed by atoms with Crippen molar-refractivity contribution in [3.63, 3.8) is 0 Å². The smallest absolute Gasteiger partial charge is 0.321 e. The van der Waals surface area contributed by atoms with Crippen LogP contribution in [0.2, 0.25) is 5.02 Å². The van der Waals surface area contributed by atoms with Crippen molar-refractivity contribution in [2.75, 3.05) is 30.3 Å². The van der Waals surface area contributed by atoms with Gasteiger partial charge in [0.1, 0.15) is 0 Å². The van der Waals surface area contributed by atoms with E-state index >= 15 is 0 Å². The number of aromatic nitrogens is 1. The zero-order valence-electron chi connectivity index (χ0n) is 20.0. The fourth-order valence-electron chi connectivity index (χ4n) is 4.32. The van der Waals surface area contributed by atoms with Gasteiger partial charge in [0.25, 0.3) is 0 Å². The van der Waals surface area contributed by atoms with E-state index in [4.69, 9.17) is 11.6 Å². The number of guanidine groups is 1. The first-order valence-corrected chi connectivity index (χ1v) is 11.9. The molecular formula is C26H28ClN7O. The Labute approximate surface area is 210 Å². The Balaban J connectivity index is 1.54. The number of anilines is 2.